The second-order valence-corrected chi connectivity index (χ2v) is 6.59. The molecule has 1 aromatic carbocycles. The first-order valence-electron chi connectivity index (χ1n) is 8.53. The van der Waals surface area contributed by atoms with Crippen LogP contribution in [-0.2, 0) is 6.42 Å². The molecule has 1 aromatic heterocycles. The van der Waals surface area contributed by atoms with Gasteiger partial charge in [0.1, 0.15) is 5.69 Å². The maximum atomic E-state index is 12.6. The molecule has 0 bridgehead atoms. The predicted molar refractivity (Wildman–Crippen MR) is 94.6 cm³/mol. The molecule has 1 aliphatic rings. The summed E-state index contributed by atoms with van der Waals surface area (Å²) in [5.41, 5.74) is 2.54. The fourth-order valence-electron chi connectivity index (χ4n) is 3.14. The zero-order chi connectivity index (χ0) is 17.8. The second-order valence-electron chi connectivity index (χ2n) is 6.59. The highest BCUT2D eigenvalue weighted by atomic mass is 16.3. The van der Waals surface area contributed by atoms with Gasteiger partial charge >= 0.3 is 0 Å². The minimum Gasteiger partial charge on any atom is -0.393 e. The van der Waals surface area contributed by atoms with E-state index in [1.807, 2.05) is 30.3 Å². The third-order valence-corrected chi connectivity index (χ3v) is 4.57. The van der Waals surface area contributed by atoms with Gasteiger partial charge in [-0.2, -0.15) is 0 Å². The Kier molecular flexibility index (Phi) is 5.24. The van der Waals surface area contributed by atoms with Crippen LogP contribution in [0.2, 0.25) is 0 Å². The van der Waals surface area contributed by atoms with E-state index in [-0.39, 0.29) is 29.4 Å². The first-order chi connectivity index (χ1) is 12.0. The average Bonchev–Trinajstić information content (AvgIpc) is 2.60. The van der Waals surface area contributed by atoms with Crippen LogP contribution in [0.4, 0.5) is 0 Å². The monoisotopic (exact) mass is 338 g/mol. The van der Waals surface area contributed by atoms with Gasteiger partial charge in [-0.25, -0.2) is 4.98 Å². The number of benzene rings is 1. The SMILES string of the molecule is CNC(=O)c1cc(C(=O)CC2CC(O)C2)cc(Cc2ccccc2)n1. The first-order valence-corrected chi connectivity index (χ1v) is 8.53. The summed E-state index contributed by atoms with van der Waals surface area (Å²) in [5, 5.41) is 11.9. The van der Waals surface area contributed by atoms with Crippen LogP contribution in [0.25, 0.3) is 0 Å². The van der Waals surface area contributed by atoms with Crippen molar-refractivity contribution in [2.45, 2.75) is 31.8 Å². The van der Waals surface area contributed by atoms with Crippen molar-refractivity contribution in [3.63, 3.8) is 0 Å². The number of hydrogen-bond acceptors (Lipinski definition) is 4. The van der Waals surface area contributed by atoms with Crippen LogP contribution in [0.3, 0.4) is 0 Å². The molecule has 130 valence electrons. The lowest BCUT2D eigenvalue weighted by Crippen LogP contribution is -2.30. The Morgan fingerprint density at radius 3 is 2.56 bits per heavy atom. The largest absolute Gasteiger partial charge is 0.393 e. The summed E-state index contributed by atoms with van der Waals surface area (Å²) in [5.74, 6) is -0.0708. The van der Waals surface area contributed by atoms with Crippen LogP contribution in [0.15, 0.2) is 42.5 Å². The van der Waals surface area contributed by atoms with Gasteiger partial charge < -0.3 is 10.4 Å². The molecule has 3 rings (SSSR count). The Morgan fingerprint density at radius 2 is 1.92 bits per heavy atom. The minimum absolute atomic E-state index is 0.00114. The van der Waals surface area contributed by atoms with Gasteiger partial charge in [0, 0.05) is 31.1 Å². The minimum atomic E-state index is -0.303. The topological polar surface area (TPSA) is 79.3 Å². The summed E-state index contributed by atoms with van der Waals surface area (Å²) in [6, 6.07) is 13.2. The lowest BCUT2D eigenvalue weighted by Gasteiger charge is -2.30. The number of hydrogen-bond donors (Lipinski definition) is 2. The second kappa shape index (κ2) is 7.57. The van der Waals surface area contributed by atoms with Gasteiger partial charge in [0.05, 0.1) is 6.10 Å². The number of aliphatic hydroxyl groups excluding tert-OH is 1. The van der Waals surface area contributed by atoms with Crippen LogP contribution in [0.5, 0.6) is 0 Å². The van der Waals surface area contributed by atoms with Gasteiger partial charge in [0.2, 0.25) is 0 Å². The molecule has 1 fully saturated rings. The Bertz CT molecular complexity index is 768. The lowest BCUT2D eigenvalue weighted by molar-refractivity contribution is 0.0381. The van der Waals surface area contributed by atoms with Crippen LogP contribution in [0.1, 0.15) is 51.4 Å². The molecule has 1 saturated carbocycles. The fourth-order valence-corrected chi connectivity index (χ4v) is 3.14. The average molecular weight is 338 g/mol. The number of pyridine rings is 1. The van der Waals surface area contributed by atoms with E-state index < -0.39 is 0 Å². The van der Waals surface area contributed by atoms with Crippen molar-refractivity contribution in [1.29, 1.82) is 0 Å². The standard InChI is InChI=1S/C20H22N2O3/c1-21-20(25)18-12-15(19(24)10-14-8-17(23)9-14)11-16(22-18)7-13-5-3-2-4-6-13/h2-6,11-12,14,17,23H,7-10H2,1H3,(H,21,25). The van der Waals surface area contributed by atoms with Crippen LogP contribution < -0.4 is 5.32 Å². The molecule has 0 radical (unpaired) electrons. The van der Waals surface area contributed by atoms with Crippen LogP contribution >= 0.6 is 0 Å². The molecule has 5 nitrogen and oxygen atoms in total. The van der Waals surface area contributed by atoms with Gasteiger partial charge in [0.25, 0.3) is 5.91 Å². The van der Waals surface area contributed by atoms with E-state index in [4.69, 9.17) is 0 Å². The summed E-state index contributed by atoms with van der Waals surface area (Å²) < 4.78 is 0. The van der Waals surface area contributed by atoms with Gasteiger partial charge in [-0.1, -0.05) is 30.3 Å². The number of aliphatic hydroxyl groups is 1. The summed E-state index contributed by atoms with van der Waals surface area (Å²) in [7, 11) is 1.55. The van der Waals surface area contributed by atoms with Crippen molar-refractivity contribution in [2.75, 3.05) is 7.05 Å². The summed E-state index contributed by atoms with van der Waals surface area (Å²) >= 11 is 0. The molecule has 0 atom stereocenters. The number of nitrogens with one attached hydrogen (secondary N) is 1. The smallest absolute Gasteiger partial charge is 0.269 e. The molecule has 25 heavy (non-hydrogen) atoms. The quantitative estimate of drug-likeness (QED) is 0.793. The fraction of sp³-hybridized carbons (Fsp3) is 0.350. The molecular weight excluding hydrogens is 316 g/mol. The first kappa shape index (κ1) is 17.3. The number of nitrogens with zero attached hydrogens (tertiary/aromatic N) is 1. The van der Waals surface area contributed by atoms with E-state index in [2.05, 4.69) is 10.3 Å². The van der Waals surface area contributed by atoms with Gasteiger partial charge in [-0.05, 0) is 36.5 Å². The summed E-state index contributed by atoms with van der Waals surface area (Å²) in [4.78, 5) is 29.0. The molecule has 0 spiro atoms. The molecule has 1 heterocycles. The van der Waals surface area contributed by atoms with E-state index in [0.717, 1.165) is 5.56 Å². The van der Waals surface area contributed by atoms with E-state index in [1.165, 1.54) is 0 Å². The van der Waals surface area contributed by atoms with E-state index >= 15 is 0 Å². The molecular formula is C20H22N2O3. The molecule has 1 aliphatic carbocycles. The Labute approximate surface area is 147 Å². The predicted octanol–water partition coefficient (Wildman–Crippen LogP) is 2.38. The van der Waals surface area contributed by atoms with Crippen molar-refractivity contribution < 1.29 is 14.7 Å². The van der Waals surface area contributed by atoms with Crippen molar-refractivity contribution in [3.8, 4) is 0 Å². The molecule has 0 aliphatic heterocycles. The zero-order valence-corrected chi connectivity index (χ0v) is 14.2. The third kappa shape index (κ3) is 4.31. The Hall–Kier alpha value is -2.53. The van der Waals surface area contributed by atoms with E-state index in [1.54, 1.807) is 19.2 Å². The number of rotatable bonds is 6. The molecule has 2 aromatic rings. The number of ketones is 1. The molecule has 0 unspecified atom stereocenters. The lowest BCUT2D eigenvalue weighted by atomic mass is 9.78. The number of aromatic nitrogens is 1. The van der Waals surface area contributed by atoms with Crippen LogP contribution in [0, 0.1) is 5.92 Å². The summed E-state index contributed by atoms with van der Waals surface area (Å²) in [6.45, 7) is 0. The van der Waals surface area contributed by atoms with Gasteiger partial charge in [-0.3, -0.25) is 9.59 Å². The van der Waals surface area contributed by atoms with E-state index in [0.29, 0.717) is 36.9 Å². The van der Waals surface area contributed by atoms with Gasteiger partial charge in [-0.15, -0.1) is 0 Å². The summed E-state index contributed by atoms with van der Waals surface area (Å²) in [6.07, 6.45) is 2.05. The highest BCUT2D eigenvalue weighted by Crippen LogP contribution is 2.31. The molecule has 0 saturated heterocycles. The highest BCUT2D eigenvalue weighted by Gasteiger charge is 2.29. The van der Waals surface area contributed by atoms with Crippen molar-refractivity contribution in [3.05, 3.63) is 65.0 Å². The number of Topliss-reactive ketones (excluding diaryl/α,β-unsaturated/α-hetero) is 1. The van der Waals surface area contributed by atoms with E-state index in [9.17, 15) is 14.7 Å². The normalized spacial score (nSPS) is 19.1. The van der Waals surface area contributed by atoms with Crippen molar-refractivity contribution >= 4 is 11.7 Å². The van der Waals surface area contributed by atoms with Crippen molar-refractivity contribution in [1.82, 2.24) is 10.3 Å². The third-order valence-electron chi connectivity index (χ3n) is 4.57. The number of carbonyl (C=O) groups is 2. The molecule has 1 amide bonds. The molecule has 5 heteroatoms. The molecule has 2 N–H and O–H groups in total. The Morgan fingerprint density at radius 1 is 1.20 bits per heavy atom. The van der Waals surface area contributed by atoms with Gasteiger partial charge in [0.15, 0.2) is 5.78 Å². The number of carbonyl (C=O) groups excluding carboxylic acids is 2. The zero-order valence-electron chi connectivity index (χ0n) is 14.2. The van der Waals surface area contributed by atoms with Crippen LogP contribution in [-0.4, -0.2) is 34.9 Å². The number of amides is 1. The maximum absolute atomic E-state index is 12.6. The maximum Gasteiger partial charge on any atom is 0.269 e. The Balaban J connectivity index is 1.84. The highest BCUT2D eigenvalue weighted by molar-refractivity contribution is 5.99. The van der Waals surface area contributed by atoms with Crippen molar-refractivity contribution in [2.24, 2.45) is 5.92 Å².